The van der Waals surface area contributed by atoms with Crippen LogP contribution in [0.4, 0.5) is 0 Å². The van der Waals surface area contributed by atoms with Crippen molar-refractivity contribution in [2.45, 2.75) is 32.4 Å². The van der Waals surface area contributed by atoms with Gasteiger partial charge in [-0.25, -0.2) is 0 Å². The first-order valence-corrected chi connectivity index (χ1v) is 6.70. The first kappa shape index (κ1) is 14.0. The lowest BCUT2D eigenvalue weighted by atomic mass is 9.98. The summed E-state index contributed by atoms with van der Waals surface area (Å²) in [7, 11) is 0. The van der Waals surface area contributed by atoms with Gasteiger partial charge in [0.2, 0.25) is 5.91 Å². The fraction of sp³-hybridized carbons (Fsp3) is 0.533. The normalized spacial score (nSPS) is 23.7. The molecule has 0 saturated carbocycles. The number of morpholine rings is 1. The van der Waals surface area contributed by atoms with Gasteiger partial charge in [-0.2, -0.15) is 0 Å². The van der Waals surface area contributed by atoms with Gasteiger partial charge in [0.15, 0.2) is 0 Å². The second kappa shape index (κ2) is 5.72. The number of benzene rings is 1. The Morgan fingerprint density at radius 3 is 2.84 bits per heavy atom. The van der Waals surface area contributed by atoms with E-state index in [4.69, 9.17) is 10.5 Å². The first-order valence-electron chi connectivity index (χ1n) is 6.70. The van der Waals surface area contributed by atoms with Crippen LogP contribution < -0.4 is 5.73 Å². The quantitative estimate of drug-likeness (QED) is 0.893. The molecule has 0 aromatic heterocycles. The van der Waals surface area contributed by atoms with Crippen LogP contribution in [0.1, 0.15) is 24.5 Å². The molecule has 1 aliphatic heterocycles. The van der Waals surface area contributed by atoms with Gasteiger partial charge in [0.25, 0.3) is 0 Å². The highest BCUT2D eigenvalue weighted by Crippen LogP contribution is 2.23. The molecule has 0 bridgehead atoms. The molecule has 4 nitrogen and oxygen atoms in total. The number of nitrogens with two attached hydrogens (primary N) is 1. The van der Waals surface area contributed by atoms with Gasteiger partial charge in [0.05, 0.1) is 5.60 Å². The summed E-state index contributed by atoms with van der Waals surface area (Å²) in [5, 5.41) is 0. The van der Waals surface area contributed by atoms with Crippen molar-refractivity contribution in [2.75, 3.05) is 19.7 Å². The van der Waals surface area contributed by atoms with Crippen molar-refractivity contribution in [1.82, 2.24) is 4.90 Å². The van der Waals surface area contributed by atoms with Crippen LogP contribution in [0.25, 0.3) is 0 Å². The van der Waals surface area contributed by atoms with Crippen LogP contribution in [0, 0.1) is 6.92 Å². The second-order valence-electron chi connectivity index (χ2n) is 5.45. The number of amides is 1. The highest BCUT2D eigenvalue weighted by atomic mass is 16.5. The monoisotopic (exact) mass is 262 g/mol. The summed E-state index contributed by atoms with van der Waals surface area (Å²) in [4.78, 5) is 13.8. The lowest BCUT2D eigenvalue weighted by molar-refractivity contribution is -0.162. The molecule has 104 valence electrons. The largest absolute Gasteiger partial charge is 0.364 e. The zero-order chi connectivity index (χ0) is 13.9. The molecule has 0 aliphatic carbocycles. The van der Waals surface area contributed by atoms with Crippen LogP contribution in [-0.2, 0) is 16.1 Å². The van der Waals surface area contributed by atoms with Crippen molar-refractivity contribution in [3.05, 3.63) is 35.4 Å². The number of nitrogens with zero attached hydrogens (tertiary/aromatic N) is 1. The highest BCUT2D eigenvalue weighted by molar-refractivity contribution is 5.78. The third kappa shape index (κ3) is 3.33. The van der Waals surface area contributed by atoms with E-state index >= 15 is 0 Å². The number of hydrogen-bond acceptors (Lipinski definition) is 3. The summed E-state index contributed by atoms with van der Waals surface area (Å²) < 4.78 is 5.65. The van der Waals surface area contributed by atoms with Crippen molar-refractivity contribution in [2.24, 2.45) is 5.73 Å². The number of carbonyl (C=O) groups excluding carboxylic acids is 1. The zero-order valence-corrected chi connectivity index (χ0v) is 11.7. The maximum atomic E-state index is 12.0. The molecule has 0 radical (unpaired) electrons. The lowest BCUT2D eigenvalue weighted by Crippen LogP contribution is -2.53. The molecule has 1 unspecified atom stereocenters. The predicted molar refractivity (Wildman–Crippen MR) is 74.6 cm³/mol. The Balaban J connectivity index is 2.10. The van der Waals surface area contributed by atoms with Gasteiger partial charge >= 0.3 is 0 Å². The molecular formula is C15H22N2O2. The van der Waals surface area contributed by atoms with Crippen molar-refractivity contribution in [3.63, 3.8) is 0 Å². The fourth-order valence-electron chi connectivity index (χ4n) is 2.46. The van der Waals surface area contributed by atoms with Gasteiger partial charge in [-0.05, 0) is 37.9 Å². The summed E-state index contributed by atoms with van der Waals surface area (Å²) in [6.45, 7) is 6.08. The summed E-state index contributed by atoms with van der Waals surface area (Å²) >= 11 is 0. The molecule has 4 heteroatoms. The lowest BCUT2D eigenvalue weighted by Gasteiger charge is -2.40. The number of rotatable bonds is 4. The molecule has 0 spiro atoms. The van der Waals surface area contributed by atoms with E-state index in [-0.39, 0.29) is 18.1 Å². The molecule has 1 aromatic rings. The van der Waals surface area contributed by atoms with Gasteiger partial charge in [-0.1, -0.05) is 24.3 Å². The Kier molecular flexibility index (Phi) is 4.22. The van der Waals surface area contributed by atoms with Crippen molar-refractivity contribution in [1.29, 1.82) is 0 Å². The summed E-state index contributed by atoms with van der Waals surface area (Å²) in [5.41, 5.74) is 7.70. The van der Waals surface area contributed by atoms with Crippen molar-refractivity contribution < 1.29 is 9.53 Å². The van der Waals surface area contributed by atoms with Crippen LogP contribution in [0.3, 0.4) is 0 Å². The third-order valence-electron chi connectivity index (χ3n) is 3.72. The standard InChI is InChI=1S/C15H22N2O2/c1-12-5-3-4-6-13(12)9-17-11-15(2,7-8-16)19-10-14(17)18/h3-6H,7-11,16H2,1-2H3. The number of aryl methyl sites for hydroxylation is 1. The Hall–Kier alpha value is -1.39. The molecule has 1 fully saturated rings. The summed E-state index contributed by atoms with van der Waals surface area (Å²) in [6.07, 6.45) is 0.768. The van der Waals surface area contributed by atoms with E-state index in [0.717, 1.165) is 6.42 Å². The number of carbonyl (C=O) groups is 1. The van der Waals surface area contributed by atoms with E-state index in [9.17, 15) is 4.79 Å². The minimum Gasteiger partial charge on any atom is -0.364 e. The highest BCUT2D eigenvalue weighted by Gasteiger charge is 2.35. The Bertz CT molecular complexity index is 461. The van der Waals surface area contributed by atoms with Crippen LogP contribution in [0.2, 0.25) is 0 Å². The molecule has 2 rings (SSSR count). The fourth-order valence-corrected chi connectivity index (χ4v) is 2.46. The van der Waals surface area contributed by atoms with E-state index in [1.165, 1.54) is 11.1 Å². The Labute approximate surface area is 114 Å². The molecule has 1 atom stereocenters. The van der Waals surface area contributed by atoms with Crippen LogP contribution in [0.5, 0.6) is 0 Å². The first-order chi connectivity index (χ1) is 9.04. The van der Waals surface area contributed by atoms with Gasteiger partial charge in [-0.15, -0.1) is 0 Å². The van der Waals surface area contributed by atoms with Crippen LogP contribution in [0.15, 0.2) is 24.3 Å². The molecule has 1 amide bonds. The van der Waals surface area contributed by atoms with Gasteiger partial charge in [0, 0.05) is 13.1 Å². The summed E-state index contributed by atoms with van der Waals surface area (Å²) in [5.74, 6) is 0.0535. The molecule has 1 aliphatic rings. The van der Waals surface area contributed by atoms with E-state index in [2.05, 4.69) is 19.1 Å². The summed E-state index contributed by atoms with van der Waals surface area (Å²) in [6, 6.07) is 8.16. The third-order valence-corrected chi connectivity index (χ3v) is 3.72. The minimum absolute atomic E-state index is 0.0535. The molecule has 19 heavy (non-hydrogen) atoms. The van der Waals surface area contributed by atoms with Gasteiger partial charge in [-0.3, -0.25) is 4.79 Å². The maximum absolute atomic E-state index is 12.0. The van der Waals surface area contributed by atoms with Crippen molar-refractivity contribution >= 4 is 5.91 Å². The average molecular weight is 262 g/mol. The van der Waals surface area contributed by atoms with E-state index in [1.807, 2.05) is 24.0 Å². The Morgan fingerprint density at radius 1 is 1.42 bits per heavy atom. The van der Waals surface area contributed by atoms with Crippen molar-refractivity contribution in [3.8, 4) is 0 Å². The van der Waals surface area contributed by atoms with Crippen LogP contribution >= 0.6 is 0 Å². The maximum Gasteiger partial charge on any atom is 0.248 e. The number of hydrogen-bond donors (Lipinski definition) is 1. The van der Waals surface area contributed by atoms with E-state index < -0.39 is 0 Å². The molecule has 2 N–H and O–H groups in total. The predicted octanol–water partition coefficient (Wildman–Crippen LogP) is 1.46. The molecule has 1 aromatic carbocycles. The number of ether oxygens (including phenoxy) is 1. The topological polar surface area (TPSA) is 55.6 Å². The second-order valence-corrected chi connectivity index (χ2v) is 5.45. The van der Waals surface area contributed by atoms with Crippen LogP contribution in [-0.4, -0.2) is 36.1 Å². The SMILES string of the molecule is Cc1ccccc1CN1CC(C)(CCN)OCC1=O. The minimum atomic E-state index is -0.314. The van der Waals surface area contributed by atoms with Gasteiger partial charge < -0.3 is 15.4 Å². The molecule has 1 saturated heterocycles. The van der Waals surface area contributed by atoms with E-state index in [1.54, 1.807) is 0 Å². The molecule has 1 heterocycles. The molecular weight excluding hydrogens is 240 g/mol. The smallest absolute Gasteiger partial charge is 0.248 e. The Morgan fingerprint density at radius 2 is 2.16 bits per heavy atom. The average Bonchev–Trinajstić information content (AvgIpc) is 2.37. The van der Waals surface area contributed by atoms with Gasteiger partial charge in [0.1, 0.15) is 6.61 Å². The van der Waals surface area contributed by atoms with E-state index in [0.29, 0.717) is 19.6 Å². The zero-order valence-electron chi connectivity index (χ0n) is 11.7.